The van der Waals surface area contributed by atoms with Gasteiger partial charge in [0.05, 0.1) is 6.54 Å². The van der Waals surface area contributed by atoms with Crippen LogP contribution in [0.25, 0.3) is 11.1 Å². The van der Waals surface area contributed by atoms with Gasteiger partial charge in [-0.25, -0.2) is 0 Å². The lowest BCUT2D eigenvalue weighted by Crippen LogP contribution is -2.37. The number of hydrogen-bond donors (Lipinski definition) is 2. The maximum atomic E-state index is 12.3. The minimum atomic E-state index is -0.280. The molecular weight excluding hydrogens is 388 g/mol. The summed E-state index contributed by atoms with van der Waals surface area (Å²) < 4.78 is 5.33. The Kier molecular flexibility index (Phi) is 7.84. The molecule has 0 heterocycles. The molecule has 3 aromatic rings. The van der Waals surface area contributed by atoms with Crippen LogP contribution in [0.2, 0.25) is 0 Å². The number of amides is 2. The zero-order valence-corrected chi connectivity index (χ0v) is 17.1. The van der Waals surface area contributed by atoms with Gasteiger partial charge in [0.2, 0.25) is 5.91 Å². The van der Waals surface area contributed by atoms with E-state index in [9.17, 15) is 9.59 Å². The number of carbonyl (C=O) groups is 2. The summed E-state index contributed by atoms with van der Waals surface area (Å²) in [4.78, 5) is 24.3. The first-order valence-corrected chi connectivity index (χ1v) is 10.0. The Balaban J connectivity index is 1.39. The van der Waals surface area contributed by atoms with Crippen molar-refractivity contribution in [3.05, 3.63) is 90.0 Å². The minimum Gasteiger partial charge on any atom is -0.481 e. The maximum absolute atomic E-state index is 12.3. The summed E-state index contributed by atoms with van der Waals surface area (Å²) >= 11 is 0. The fraction of sp³-hybridized carbons (Fsp3) is 0.154. The Labute approximate surface area is 182 Å². The molecule has 0 fully saturated rings. The van der Waals surface area contributed by atoms with Crippen LogP contribution in [0.15, 0.2) is 78.9 Å². The molecule has 2 N–H and O–H groups in total. The van der Waals surface area contributed by atoms with Gasteiger partial charge in [0, 0.05) is 12.1 Å². The summed E-state index contributed by atoms with van der Waals surface area (Å²) in [7, 11) is 0. The summed E-state index contributed by atoms with van der Waals surface area (Å²) in [6.45, 7) is 0.640. The van der Waals surface area contributed by atoms with Gasteiger partial charge in [0.25, 0.3) is 5.91 Å². The van der Waals surface area contributed by atoms with Crippen LogP contribution in [0.1, 0.15) is 15.9 Å². The number of nitrogens with one attached hydrogen (secondary N) is 2. The molecule has 5 nitrogen and oxygen atoms in total. The zero-order chi connectivity index (χ0) is 21.9. The van der Waals surface area contributed by atoms with Gasteiger partial charge in [0.1, 0.15) is 12.4 Å². The first-order valence-electron chi connectivity index (χ1n) is 10.0. The van der Waals surface area contributed by atoms with Crippen molar-refractivity contribution in [3.8, 4) is 29.2 Å². The van der Waals surface area contributed by atoms with Gasteiger partial charge in [-0.1, -0.05) is 60.5 Å². The second-order valence-electron chi connectivity index (χ2n) is 6.86. The summed E-state index contributed by atoms with van der Waals surface area (Å²) in [5, 5.41) is 5.46. The van der Waals surface area contributed by atoms with Gasteiger partial charge >= 0.3 is 0 Å². The molecule has 0 aliphatic carbocycles. The third-order valence-electron chi connectivity index (χ3n) is 4.65. The highest BCUT2D eigenvalue weighted by Gasteiger charge is 2.08. The van der Waals surface area contributed by atoms with Crippen molar-refractivity contribution in [1.29, 1.82) is 0 Å². The van der Waals surface area contributed by atoms with Crippen LogP contribution < -0.4 is 15.4 Å². The first-order chi connectivity index (χ1) is 15.2. The van der Waals surface area contributed by atoms with Crippen molar-refractivity contribution in [1.82, 2.24) is 10.6 Å². The summed E-state index contributed by atoms with van der Waals surface area (Å²) in [6, 6.07) is 24.8. The number of terminal acetylenes is 1. The van der Waals surface area contributed by atoms with Crippen LogP contribution in [-0.4, -0.2) is 31.5 Å². The van der Waals surface area contributed by atoms with Crippen LogP contribution >= 0.6 is 0 Å². The van der Waals surface area contributed by atoms with E-state index in [4.69, 9.17) is 11.2 Å². The van der Waals surface area contributed by atoms with E-state index in [1.165, 1.54) is 0 Å². The lowest BCUT2D eigenvalue weighted by Gasteiger charge is -2.08. The van der Waals surface area contributed by atoms with Crippen molar-refractivity contribution in [2.24, 2.45) is 0 Å². The molecule has 2 amide bonds. The number of ether oxygens (including phenoxy) is 1. The van der Waals surface area contributed by atoms with E-state index < -0.39 is 0 Å². The lowest BCUT2D eigenvalue weighted by atomic mass is 10.0. The number of hydrogen-bond acceptors (Lipinski definition) is 3. The SMILES string of the molecule is C#CCOc1ccc(CCNC(=O)CNC(=O)c2ccc(-c3ccccc3)cc2)cc1. The van der Waals surface area contributed by atoms with Gasteiger partial charge in [-0.2, -0.15) is 0 Å². The first kappa shape index (κ1) is 21.7. The van der Waals surface area contributed by atoms with Gasteiger partial charge in [-0.3, -0.25) is 9.59 Å². The molecule has 3 aromatic carbocycles. The molecule has 0 unspecified atom stereocenters. The van der Waals surface area contributed by atoms with Crippen LogP contribution in [-0.2, 0) is 11.2 Å². The second kappa shape index (κ2) is 11.2. The molecule has 31 heavy (non-hydrogen) atoms. The zero-order valence-electron chi connectivity index (χ0n) is 17.1. The molecule has 3 rings (SSSR count). The van der Waals surface area contributed by atoms with Crippen LogP contribution in [0.4, 0.5) is 0 Å². The number of carbonyl (C=O) groups excluding carboxylic acids is 2. The molecule has 0 spiro atoms. The van der Waals surface area contributed by atoms with Crippen molar-refractivity contribution in [2.75, 3.05) is 19.7 Å². The van der Waals surface area contributed by atoms with Crippen molar-refractivity contribution in [3.63, 3.8) is 0 Å². The largest absolute Gasteiger partial charge is 0.481 e. The second-order valence-corrected chi connectivity index (χ2v) is 6.86. The Morgan fingerprint density at radius 3 is 2.19 bits per heavy atom. The molecule has 5 heteroatoms. The van der Waals surface area contributed by atoms with Crippen LogP contribution in [0, 0.1) is 12.3 Å². The van der Waals surface area contributed by atoms with E-state index in [0.29, 0.717) is 24.3 Å². The topological polar surface area (TPSA) is 67.4 Å². The molecule has 0 radical (unpaired) electrons. The van der Waals surface area contributed by atoms with Gasteiger partial charge in [-0.15, -0.1) is 6.42 Å². The quantitative estimate of drug-likeness (QED) is 0.529. The Morgan fingerprint density at radius 1 is 0.839 bits per heavy atom. The molecule has 0 saturated carbocycles. The Bertz CT molecular complexity index is 1040. The Hall–Kier alpha value is -4.04. The third kappa shape index (κ3) is 6.76. The standard InChI is InChI=1S/C26H24N2O3/c1-2-18-31-24-14-8-20(9-15-24)16-17-27-25(29)19-28-26(30)23-12-10-22(11-13-23)21-6-4-3-5-7-21/h1,3-15H,16-19H2,(H,27,29)(H,28,30). The third-order valence-corrected chi connectivity index (χ3v) is 4.65. The molecule has 0 bridgehead atoms. The molecule has 156 valence electrons. The maximum Gasteiger partial charge on any atom is 0.251 e. The van der Waals surface area contributed by atoms with Gasteiger partial charge in [-0.05, 0) is 47.4 Å². The molecule has 0 aliphatic heterocycles. The Morgan fingerprint density at radius 2 is 1.52 bits per heavy atom. The highest BCUT2D eigenvalue weighted by Crippen LogP contribution is 2.19. The highest BCUT2D eigenvalue weighted by atomic mass is 16.5. The van der Waals surface area contributed by atoms with E-state index >= 15 is 0 Å². The lowest BCUT2D eigenvalue weighted by molar-refractivity contribution is -0.120. The van der Waals surface area contributed by atoms with Gasteiger partial charge in [0.15, 0.2) is 0 Å². The van der Waals surface area contributed by atoms with E-state index in [2.05, 4.69) is 16.6 Å². The minimum absolute atomic E-state index is 0.0713. The van der Waals surface area contributed by atoms with Crippen LogP contribution in [0.5, 0.6) is 5.75 Å². The summed E-state index contributed by atoms with van der Waals surface area (Å²) in [5.41, 5.74) is 3.70. The molecule has 0 aliphatic rings. The fourth-order valence-electron chi connectivity index (χ4n) is 2.99. The molecule has 0 saturated heterocycles. The van der Waals surface area contributed by atoms with E-state index in [-0.39, 0.29) is 25.0 Å². The molecule has 0 aromatic heterocycles. The van der Waals surface area contributed by atoms with Crippen LogP contribution in [0.3, 0.4) is 0 Å². The van der Waals surface area contributed by atoms with Gasteiger partial charge < -0.3 is 15.4 Å². The predicted molar refractivity (Wildman–Crippen MR) is 122 cm³/mol. The van der Waals surface area contributed by atoms with E-state index in [1.807, 2.05) is 66.7 Å². The predicted octanol–water partition coefficient (Wildman–Crippen LogP) is 3.45. The molecular formula is C26H24N2O3. The summed E-state index contributed by atoms with van der Waals surface area (Å²) in [6.07, 6.45) is 5.84. The van der Waals surface area contributed by atoms with E-state index in [0.717, 1.165) is 16.7 Å². The monoisotopic (exact) mass is 412 g/mol. The fourth-order valence-corrected chi connectivity index (χ4v) is 2.99. The number of rotatable bonds is 9. The summed E-state index contributed by atoms with van der Waals surface area (Å²) in [5.74, 6) is 2.62. The average molecular weight is 412 g/mol. The molecule has 0 atom stereocenters. The number of benzene rings is 3. The van der Waals surface area contributed by atoms with Crippen molar-refractivity contribution >= 4 is 11.8 Å². The highest BCUT2D eigenvalue weighted by molar-refractivity contribution is 5.96. The normalized spacial score (nSPS) is 10.0. The average Bonchev–Trinajstić information content (AvgIpc) is 2.82. The smallest absolute Gasteiger partial charge is 0.251 e. The van der Waals surface area contributed by atoms with Crippen molar-refractivity contribution < 1.29 is 14.3 Å². The van der Waals surface area contributed by atoms with Crippen molar-refractivity contribution in [2.45, 2.75) is 6.42 Å². The van der Waals surface area contributed by atoms with E-state index in [1.54, 1.807) is 12.1 Å².